The molecule has 20 heavy (non-hydrogen) atoms. The van der Waals surface area contributed by atoms with Gasteiger partial charge in [0.1, 0.15) is 4.60 Å². The van der Waals surface area contributed by atoms with Crippen LogP contribution >= 0.6 is 27.5 Å². The Labute approximate surface area is 131 Å². The van der Waals surface area contributed by atoms with Crippen molar-refractivity contribution in [2.24, 2.45) is 0 Å². The first-order valence-corrected chi connectivity index (χ1v) is 7.54. The summed E-state index contributed by atoms with van der Waals surface area (Å²) < 4.78 is 0.788. The second-order valence-corrected chi connectivity index (χ2v) is 5.81. The van der Waals surface area contributed by atoms with E-state index in [4.69, 9.17) is 11.6 Å². The van der Waals surface area contributed by atoms with E-state index in [1.807, 2.05) is 24.5 Å². The number of hydrogen-bond acceptors (Lipinski definition) is 2. The molecule has 0 aliphatic heterocycles. The van der Waals surface area contributed by atoms with E-state index in [2.05, 4.69) is 51.0 Å². The van der Waals surface area contributed by atoms with Crippen molar-refractivity contribution in [3.05, 3.63) is 57.9 Å². The zero-order valence-electron chi connectivity index (χ0n) is 10.9. The lowest BCUT2D eigenvalue weighted by Crippen LogP contribution is -1.88. The molecule has 2 aromatic heterocycles. The summed E-state index contributed by atoms with van der Waals surface area (Å²) in [5, 5.41) is 1.75. The summed E-state index contributed by atoms with van der Waals surface area (Å²) in [5.41, 5.74) is 4.21. The maximum Gasteiger partial charge on any atom is 0.108 e. The normalized spacial score (nSPS) is 10.9. The Morgan fingerprint density at radius 3 is 2.75 bits per heavy atom. The Bertz CT molecular complexity index is 787. The number of benzene rings is 1. The summed E-state index contributed by atoms with van der Waals surface area (Å²) in [6.07, 6.45) is 4.66. The second kappa shape index (κ2) is 5.51. The molecule has 0 saturated carbocycles. The van der Waals surface area contributed by atoms with Gasteiger partial charge in [-0.05, 0) is 52.2 Å². The molecule has 0 saturated heterocycles. The van der Waals surface area contributed by atoms with Crippen LogP contribution in [0.3, 0.4) is 0 Å². The monoisotopic (exact) mass is 346 g/mol. The lowest BCUT2D eigenvalue weighted by Gasteiger charge is -2.08. The molecule has 1 aromatic carbocycles. The molecule has 2 nitrogen and oxygen atoms in total. The van der Waals surface area contributed by atoms with E-state index in [1.54, 1.807) is 0 Å². The van der Waals surface area contributed by atoms with Gasteiger partial charge in [-0.25, -0.2) is 4.98 Å². The maximum atomic E-state index is 6.31. The SMILES string of the molecule is CCc1ccc(Cl)c(-c2cnc3cc(Br)ncc3c2)c1. The number of rotatable bonds is 2. The summed E-state index contributed by atoms with van der Waals surface area (Å²) in [7, 11) is 0. The highest BCUT2D eigenvalue weighted by Crippen LogP contribution is 2.30. The van der Waals surface area contributed by atoms with Gasteiger partial charge < -0.3 is 0 Å². The summed E-state index contributed by atoms with van der Waals surface area (Å²) in [6, 6.07) is 10.1. The number of aryl methyl sites for hydroxylation is 1. The zero-order valence-corrected chi connectivity index (χ0v) is 13.2. The lowest BCUT2D eigenvalue weighted by atomic mass is 10.0. The van der Waals surface area contributed by atoms with E-state index >= 15 is 0 Å². The minimum atomic E-state index is 0.744. The average Bonchev–Trinajstić information content (AvgIpc) is 2.47. The molecule has 4 heteroatoms. The molecule has 0 amide bonds. The van der Waals surface area contributed by atoms with Gasteiger partial charge in [0.25, 0.3) is 0 Å². The fourth-order valence-corrected chi connectivity index (χ4v) is 2.70. The van der Waals surface area contributed by atoms with E-state index in [1.165, 1.54) is 5.56 Å². The molecule has 0 radical (unpaired) electrons. The van der Waals surface area contributed by atoms with Crippen LogP contribution in [0.25, 0.3) is 22.0 Å². The Morgan fingerprint density at radius 1 is 1.10 bits per heavy atom. The number of nitrogens with zero attached hydrogens (tertiary/aromatic N) is 2. The van der Waals surface area contributed by atoms with Crippen LogP contribution in [0.15, 0.2) is 47.3 Å². The Hall–Kier alpha value is -1.45. The molecule has 0 atom stereocenters. The van der Waals surface area contributed by atoms with Crippen molar-refractivity contribution in [2.75, 3.05) is 0 Å². The Balaban J connectivity index is 2.17. The second-order valence-electron chi connectivity index (χ2n) is 4.59. The van der Waals surface area contributed by atoms with Gasteiger partial charge in [0.2, 0.25) is 0 Å². The number of pyridine rings is 2. The van der Waals surface area contributed by atoms with Crippen LogP contribution in [0.4, 0.5) is 0 Å². The number of halogens is 2. The summed E-state index contributed by atoms with van der Waals surface area (Å²) >= 11 is 9.67. The molecule has 0 aliphatic carbocycles. The van der Waals surface area contributed by atoms with Crippen LogP contribution < -0.4 is 0 Å². The zero-order chi connectivity index (χ0) is 14.1. The highest BCUT2D eigenvalue weighted by atomic mass is 79.9. The molecule has 3 aromatic rings. The van der Waals surface area contributed by atoms with Crippen molar-refractivity contribution in [3.8, 4) is 11.1 Å². The van der Waals surface area contributed by atoms with Crippen molar-refractivity contribution < 1.29 is 0 Å². The Morgan fingerprint density at radius 2 is 1.95 bits per heavy atom. The topological polar surface area (TPSA) is 25.8 Å². The van der Waals surface area contributed by atoms with Gasteiger partial charge in [-0.1, -0.05) is 24.6 Å². The van der Waals surface area contributed by atoms with E-state index < -0.39 is 0 Å². The van der Waals surface area contributed by atoms with Gasteiger partial charge in [0, 0.05) is 33.9 Å². The summed E-state index contributed by atoms with van der Waals surface area (Å²) in [6.45, 7) is 2.13. The largest absolute Gasteiger partial charge is 0.255 e. The minimum absolute atomic E-state index is 0.744. The predicted molar refractivity (Wildman–Crippen MR) is 87.1 cm³/mol. The van der Waals surface area contributed by atoms with Crippen LogP contribution in [0.2, 0.25) is 5.02 Å². The van der Waals surface area contributed by atoms with Crippen LogP contribution in [-0.4, -0.2) is 9.97 Å². The molecular formula is C16H12BrClN2. The third-order valence-electron chi connectivity index (χ3n) is 3.28. The number of fused-ring (bicyclic) bond motifs is 1. The van der Waals surface area contributed by atoms with Crippen molar-refractivity contribution in [2.45, 2.75) is 13.3 Å². The standard InChI is InChI=1S/C16H12BrClN2/c1-2-10-3-4-14(18)13(5-10)11-6-12-9-20-16(17)7-15(12)19-8-11/h3-9H,2H2,1H3. The third-order valence-corrected chi connectivity index (χ3v) is 4.05. The first-order chi connectivity index (χ1) is 9.67. The fourth-order valence-electron chi connectivity index (χ4n) is 2.16. The molecule has 0 fully saturated rings. The molecule has 0 bridgehead atoms. The van der Waals surface area contributed by atoms with Crippen molar-refractivity contribution in [3.63, 3.8) is 0 Å². The van der Waals surface area contributed by atoms with Crippen LogP contribution in [0, 0.1) is 0 Å². The van der Waals surface area contributed by atoms with Crippen LogP contribution in [-0.2, 0) is 6.42 Å². The first kappa shape index (κ1) is 13.5. The molecule has 2 heterocycles. The fraction of sp³-hybridized carbons (Fsp3) is 0.125. The predicted octanol–water partition coefficient (Wildman–Crippen LogP) is 5.28. The molecule has 0 spiro atoms. The summed E-state index contributed by atoms with van der Waals surface area (Å²) in [4.78, 5) is 8.73. The van der Waals surface area contributed by atoms with E-state index in [9.17, 15) is 0 Å². The van der Waals surface area contributed by atoms with Gasteiger partial charge in [0.05, 0.1) is 5.52 Å². The maximum absolute atomic E-state index is 6.31. The van der Waals surface area contributed by atoms with Gasteiger partial charge in [-0.15, -0.1) is 0 Å². The highest BCUT2D eigenvalue weighted by molar-refractivity contribution is 9.10. The van der Waals surface area contributed by atoms with Crippen molar-refractivity contribution in [1.82, 2.24) is 9.97 Å². The molecule has 0 N–H and O–H groups in total. The molecule has 3 rings (SSSR count). The van der Waals surface area contributed by atoms with Gasteiger partial charge in [0.15, 0.2) is 0 Å². The average molecular weight is 348 g/mol. The van der Waals surface area contributed by atoms with E-state index in [0.717, 1.165) is 38.1 Å². The molecule has 0 aliphatic rings. The number of hydrogen-bond donors (Lipinski definition) is 0. The highest BCUT2D eigenvalue weighted by Gasteiger charge is 2.07. The smallest absolute Gasteiger partial charge is 0.108 e. The van der Waals surface area contributed by atoms with Crippen LogP contribution in [0.1, 0.15) is 12.5 Å². The quantitative estimate of drug-likeness (QED) is 0.590. The van der Waals surface area contributed by atoms with E-state index in [-0.39, 0.29) is 0 Å². The van der Waals surface area contributed by atoms with Crippen LogP contribution in [0.5, 0.6) is 0 Å². The summed E-state index contributed by atoms with van der Waals surface area (Å²) in [5.74, 6) is 0. The molecule has 0 unspecified atom stereocenters. The van der Waals surface area contributed by atoms with Crippen molar-refractivity contribution >= 4 is 38.4 Å². The number of aromatic nitrogens is 2. The van der Waals surface area contributed by atoms with Gasteiger partial charge >= 0.3 is 0 Å². The minimum Gasteiger partial charge on any atom is -0.255 e. The van der Waals surface area contributed by atoms with E-state index in [0.29, 0.717) is 0 Å². The lowest BCUT2D eigenvalue weighted by molar-refractivity contribution is 1.14. The molecular weight excluding hydrogens is 336 g/mol. The van der Waals surface area contributed by atoms with Crippen molar-refractivity contribution in [1.29, 1.82) is 0 Å². The van der Waals surface area contributed by atoms with Gasteiger partial charge in [-0.3, -0.25) is 4.98 Å². The van der Waals surface area contributed by atoms with Gasteiger partial charge in [-0.2, -0.15) is 0 Å². The Kier molecular flexibility index (Phi) is 3.72. The third kappa shape index (κ3) is 2.56. The first-order valence-electron chi connectivity index (χ1n) is 6.37. The molecule has 100 valence electrons.